The molecule has 34 heavy (non-hydrogen) atoms. The zero-order valence-electron chi connectivity index (χ0n) is 18.8. The fourth-order valence-corrected chi connectivity index (χ4v) is 3.90. The number of aromatic nitrogens is 11. The molecule has 0 amide bonds. The third-order valence-corrected chi connectivity index (χ3v) is 5.53. The fraction of sp³-hybridized carbons (Fsp3) is 0.273. The molecule has 12 nitrogen and oxygen atoms in total. The number of hydrogen-bond donors (Lipinski definition) is 1. The first kappa shape index (κ1) is 21.4. The van der Waals surface area contributed by atoms with E-state index in [0.717, 1.165) is 40.9 Å². The topological polar surface area (TPSA) is 138 Å². The monoisotopic (exact) mass is 457 g/mol. The number of aromatic amines is 1. The Morgan fingerprint density at radius 2 is 1.88 bits per heavy atom. The number of benzene rings is 1. The lowest BCUT2D eigenvalue weighted by Gasteiger charge is -2.09. The summed E-state index contributed by atoms with van der Waals surface area (Å²) in [7, 11) is 0. The lowest BCUT2D eigenvalue weighted by molar-refractivity contribution is 0.602. The van der Waals surface area contributed by atoms with Crippen molar-refractivity contribution in [3.8, 4) is 28.5 Å². The first-order valence-corrected chi connectivity index (χ1v) is 11.0. The zero-order chi connectivity index (χ0) is 23.5. The molecule has 0 saturated carbocycles. The van der Waals surface area contributed by atoms with E-state index in [4.69, 9.17) is 0 Å². The van der Waals surface area contributed by atoms with Gasteiger partial charge in [0.25, 0.3) is 5.95 Å². The van der Waals surface area contributed by atoms with Crippen LogP contribution in [-0.4, -0.2) is 54.9 Å². The SMILES string of the molecule is CCCc1cn(-c2nnnn2CC)c(=O)n1Cc1cc(-c2cccc(-c3nn[nH]n3)c2)ccn1. The molecule has 1 N–H and O–H groups in total. The number of tetrazole rings is 2. The molecule has 0 fully saturated rings. The van der Waals surface area contributed by atoms with Crippen molar-refractivity contribution in [3.63, 3.8) is 0 Å². The number of rotatable bonds is 8. The summed E-state index contributed by atoms with van der Waals surface area (Å²) in [5.74, 6) is 0.936. The van der Waals surface area contributed by atoms with Crippen molar-refractivity contribution in [3.05, 3.63) is 70.7 Å². The maximum atomic E-state index is 13.3. The average Bonchev–Trinajstić information content (AvgIpc) is 3.62. The van der Waals surface area contributed by atoms with Crippen molar-refractivity contribution in [1.82, 2.24) is 54.9 Å². The number of nitrogens with one attached hydrogen (secondary N) is 1. The van der Waals surface area contributed by atoms with Gasteiger partial charge in [-0.1, -0.05) is 36.6 Å². The summed E-state index contributed by atoms with van der Waals surface area (Å²) in [5, 5.41) is 25.9. The van der Waals surface area contributed by atoms with Crippen LogP contribution >= 0.6 is 0 Å². The van der Waals surface area contributed by atoms with E-state index in [1.165, 1.54) is 4.57 Å². The molecule has 0 spiro atoms. The molecule has 5 rings (SSSR count). The summed E-state index contributed by atoms with van der Waals surface area (Å²) in [6.45, 7) is 4.92. The Balaban J connectivity index is 1.50. The predicted molar refractivity (Wildman–Crippen MR) is 123 cm³/mol. The van der Waals surface area contributed by atoms with Gasteiger partial charge in [0.2, 0.25) is 5.82 Å². The molecule has 0 atom stereocenters. The lowest BCUT2D eigenvalue weighted by atomic mass is 10.0. The standard InChI is InChI=1S/C22H23N11O/c1-3-6-19-14-32(21-26-29-30-33(21)4-2)22(34)31(19)13-18-12-16(9-10-23-18)15-7-5-8-17(11-15)20-24-27-28-25-20/h5,7-12,14H,3-4,6,13H2,1-2H3,(H,24,25,27,28). The van der Waals surface area contributed by atoms with E-state index in [1.54, 1.807) is 15.4 Å². The van der Waals surface area contributed by atoms with Crippen LogP contribution in [0.1, 0.15) is 31.7 Å². The largest absolute Gasteiger partial charge is 0.335 e. The second-order valence-electron chi connectivity index (χ2n) is 7.76. The zero-order valence-corrected chi connectivity index (χ0v) is 18.8. The molecule has 0 radical (unpaired) electrons. The van der Waals surface area contributed by atoms with Crippen LogP contribution in [0.15, 0.2) is 53.6 Å². The van der Waals surface area contributed by atoms with E-state index in [2.05, 4.69) is 48.1 Å². The summed E-state index contributed by atoms with van der Waals surface area (Å²) in [5.41, 5.74) is 4.32. The third kappa shape index (κ3) is 4.00. The second kappa shape index (κ2) is 9.17. The van der Waals surface area contributed by atoms with E-state index in [1.807, 2.05) is 49.5 Å². The van der Waals surface area contributed by atoms with Gasteiger partial charge in [-0.15, -0.1) is 10.2 Å². The van der Waals surface area contributed by atoms with Crippen LogP contribution in [-0.2, 0) is 19.5 Å². The van der Waals surface area contributed by atoms with Gasteiger partial charge in [-0.2, -0.15) is 5.21 Å². The molecule has 1 aromatic carbocycles. The summed E-state index contributed by atoms with van der Waals surface area (Å²) in [6, 6.07) is 11.8. The minimum absolute atomic E-state index is 0.195. The highest BCUT2D eigenvalue weighted by molar-refractivity contribution is 5.70. The Morgan fingerprint density at radius 3 is 2.68 bits per heavy atom. The molecule has 0 aliphatic heterocycles. The highest BCUT2D eigenvalue weighted by Gasteiger charge is 2.17. The second-order valence-corrected chi connectivity index (χ2v) is 7.76. The molecule has 4 heterocycles. The number of aryl methyl sites for hydroxylation is 2. The first-order valence-electron chi connectivity index (χ1n) is 11.0. The van der Waals surface area contributed by atoms with E-state index in [0.29, 0.717) is 24.9 Å². The number of imidazole rings is 1. The number of pyridine rings is 1. The Labute approximate surface area is 194 Å². The van der Waals surface area contributed by atoms with Crippen molar-refractivity contribution >= 4 is 0 Å². The van der Waals surface area contributed by atoms with Crippen molar-refractivity contribution in [2.75, 3.05) is 0 Å². The molecule has 0 aliphatic rings. The van der Waals surface area contributed by atoms with Crippen LogP contribution in [0.5, 0.6) is 0 Å². The van der Waals surface area contributed by atoms with Crippen molar-refractivity contribution in [1.29, 1.82) is 0 Å². The molecular formula is C22H23N11O. The Kier molecular flexibility index (Phi) is 5.77. The van der Waals surface area contributed by atoms with Gasteiger partial charge in [0.05, 0.1) is 12.2 Å². The molecule has 172 valence electrons. The molecule has 4 aromatic heterocycles. The van der Waals surface area contributed by atoms with Crippen LogP contribution < -0.4 is 5.69 Å². The summed E-state index contributed by atoms with van der Waals surface area (Å²) < 4.78 is 4.84. The normalized spacial score (nSPS) is 11.2. The van der Waals surface area contributed by atoms with Crippen LogP contribution in [0.2, 0.25) is 0 Å². The maximum Gasteiger partial charge on any atom is 0.335 e. The Bertz CT molecular complexity index is 1460. The van der Waals surface area contributed by atoms with Gasteiger partial charge >= 0.3 is 5.69 Å². The molecular weight excluding hydrogens is 434 g/mol. The van der Waals surface area contributed by atoms with Gasteiger partial charge in [0.1, 0.15) is 0 Å². The van der Waals surface area contributed by atoms with Gasteiger partial charge in [0, 0.05) is 30.2 Å². The summed E-state index contributed by atoms with van der Waals surface area (Å²) in [4.78, 5) is 17.9. The first-order chi connectivity index (χ1) is 16.7. The van der Waals surface area contributed by atoms with E-state index >= 15 is 0 Å². The summed E-state index contributed by atoms with van der Waals surface area (Å²) >= 11 is 0. The predicted octanol–water partition coefficient (Wildman–Crippen LogP) is 1.89. The number of H-pyrrole nitrogens is 1. The van der Waals surface area contributed by atoms with Crippen molar-refractivity contribution in [2.45, 2.75) is 39.8 Å². The van der Waals surface area contributed by atoms with Crippen LogP contribution in [0, 0.1) is 0 Å². The highest BCUT2D eigenvalue weighted by atomic mass is 16.2. The van der Waals surface area contributed by atoms with Gasteiger partial charge in [-0.05, 0) is 58.3 Å². The molecule has 5 aromatic rings. The Morgan fingerprint density at radius 1 is 1.03 bits per heavy atom. The van der Waals surface area contributed by atoms with Gasteiger partial charge < -0.3 is 0 Å². The van der Waals surface area contributed by atoms with Crippen LogP contribution in [0.25, 0.3) is 28.5 Å². The van der Waals surface area contributed by atoms with E-state index < -0.39 is 0 Å². The Hall–Kier alpha value is -4.48. The van der Waals surface area contributed by atoms with Gasteiger partial charge in [-0.25, -0.2) is 14.0 Å². The molecule has 12 heteroatoms. The quantitative estimate of drug-likeness (QED) is 0.373. The fourth-order valence-electron chi connectivity index (χ4n) is 3.90. The highest BCUT2D eigenvalue weighted by Crippen LogP contribution is 2.24. The van der Waals surface area contributed by atoms with Gasteiger partial charge in [0.15, 0.2) is 0 Å². The molecule has 0 bridgehead atoms. The van der Waals surface area contributed by atoms with Crippen LogP contribution in [0.3, 0.4) is 0 Å². The molecule has 0 unspecified atom stereocenters. The van der Waals surface area contributed by atoms with Gasteiger partial charge in [-0.3, -0.25) is 9.55 Å². The average molecular weight is 458 g/mol. The van der Waals surface area contributed by atoms with Crippen LogP contribution in [0.4, 0.5) is 0 Å². The van der Waals surface area contributed by atoms with E-state index in [-0.39, 0.29) is 5.69 Å². The maximum absolute atomic E-state index is 13.3. The van der Waals surface area contributed by atoms with Crippen molar-refractivity contribution in [2.24, 2.45) is 0 Å². The number of hydrogen-bond acceptors (Lipinski definition) is 8. The molecule has 0 aliphatic carbocycles. The van der Waals surface area contributed by atoms with E-state index in [9.17, 15) is 4.79 Å². The molecule has 0 saturated heterocycles. The summed E-state index contributed by atoms with van der Waals surface area (Å²) in [6.07, 6.45) is 5.23. The van der Waals surface area contributed by atoms with Crippen molar-refractivity contribution < 1.29 is 0 Å². The smallest absolute Gasteiger partial charge is 0.290 e. The third-order valence-electron chi connectivity index (χ3n) is 5.53. The lowest BCUT2D eigenvalue weighted by Crippen LogP contribution is -2.26. The number of nitrogens with zero attached hydrogens (tertiary/aromatic N) is 10. The minimum Gasteiger partial charge on any atom is -0.290 e. The minimum atomic E-state index is -0.195.